The molecule has 1 amide bonds. The van der Waals surface area contributed by atoms with Crippen LogP contribution in [0.25, 0.3) is 0 Å². The molecule has 2 aliphatic rings. The summed E-state index contributed by atoms with van der Waals surface area (Å²) in [6.45, 7) is 3.05. The minimum atomic E-state index is -0.0469. The van der Waals surface area contributed by atoms with E-state index < -0.39 is 0 Å². The molecule has 2 aromatic rings. The number of aromatic nitrogens is 2. The Balaban J connectivity index is 1.31. The predicted octanol–water partition coefficient (Wildman–Crippen LogP) is 1.45. The second-order valence-corrected chi connectivity index (χ2v) is 7.00. The molecule has 4 rings (SSSR count). The van der Waals surface area contributed by atoms with Crippen LogP contribution in [0.2, 0.25) is 5.02 Å². The van der Waals surface area contributed by atoms with Gasteiger partial charge in [0.1, 0.15) is 5.69 Å². The van der Waals surface area contributed by atoms with E-state index in [0.29, 0.717) is 18.8 Å². The Kier molecular flexibility index (Phi) is 5.12. The Morgan fingerprint density at radius 1 is 1.08 bits per heavy atom. The van der Waals surface area contributed by atoms with Crippen molar-refractivity contribution in [1.29, 1.82) is 0 Å². The van der Waals surface area contributed by atoms with Crippen molar-refractivity contribution in [3.05, 3.63) is 59.1 Å². The van der Waals surface area contributed by atoms with Crippen molar-refractivity contribution in [1.82, 2.24) is 30.6 Å². The Bertz CT molecular complexity index is 748. The van der Waals surface area contributed by atoms with E-state index in [2.05, 4.69) is 37.9 Å². The average molecular weight is 373 g/mol. The van der Waals surface area contributed by atoms with E-state index in [9.17, 15) is 4.79 Å². The summed E-state index contributed by atoms with van der Waals surface area (Å²) in [5, 5.41) is 0.750. The number of hydrogen-bond acceptors (Lipinski definition) is 6. The zero-order valence-electron chi connectivity index (χ0n) is 14.3. The van der Waals surface area contributed by atoms with Crippen molar-refractivity contribution < 1.29 is 4.79 Å². The zero-order valence-corrected chi connectivity index (χ0v) is 15.1. The van der Waals surface area contributed by atoms with E-state index in [1.807, 2.05) is 17.0 Å². The van der Waals surface area contributed by atoms with Crippen molar-refractivity contribution in [3.8, 4) is 0 Å². The van der Waals surface area contributed by atoms with E-state index in [4.69, 9.17) is 11.6 Å². The standard InChI is InChI=1S/C18H21ClN6O/c19-14-3-1-13(2-4-14)15-11-17(23-22-15)24-7-9-25(10-8-24)18(26)16-12-20-5-6-21-16/h1-6,12,15,17,22-23H,7-11H2. The first-order chi connectivity index (χ1) is 12.7. The van der Waals surface area contributed by atoms with E-state index >= 15 is 0 Å². The lowest BCUT2D eigenvalue weighted by atomic mass is 10.0. The second-order valence-electron chi connectivity index (χ2n) is 6.56. The smallest absolute Gasteiger partial charge is 0.274 e. The average Bonchev–Trinajstić information content (AvgIpc) is 3.19. The van der Waals surface area contributed by atoms with Crippen LogP contribution >= 0.6 is 11.6 Å². The molecule has 2 saturated heterocycles. The summed E-state index contributed by atoms with van der Waals surface area (Å²) in [6.07, 6.45) is 5.87. The van der Waals surface area contributed by atoms with E-state index in [-0.39, 0.29) is 18.1 Å². The number of benzene rings is 1. The summed E-state index contributed by atoms with van der Waals surface area (Å²) >= 11 is 5.97. The lowest BCUT2D eigenvalue weighted by Gasteiger charge is -2.37. The largest absolute Gasteiger partial charge is 0.335 e. The third-order valence-corrected chi connectivity index (χ3v) is 5.23. The van der Waals surface area contributed by atoms with Gasteiger partial charge in [-0.3, -0.25) is 14.7 Å². The molecule has 136 valence electrons. The molecule has 8 heteroatoms. The van der Waals surface area contributed by atoms with Gasteiger partial charge in [0, 0.05) is 49.6 Å². The maximum atomic E-state index is 12.5. The number of carbonyl (C=O) groups excluding carboxylic acids is 1. The highest BCUT2D eigenvalue weighted by Gasteiger charge is 2.32. The van der Waals surface area contributed by atoms with Gasteiger partial charge in [-0.15, -0.1) is 0 Å². The molecule has 0 spiro atoms. The number of halogens is 1. The Morgan fingerprint density at radius 3 is 2.54 bits per heavy atom. The van der Waals surface area contributed by atoms with Gasteiger partial charge in [-0.05, 0) is 24.1 Å². The normalized spacial score (nSPS) is 24.0. The van der Waals surface area contributed by atoms with Crippen molar-refractivity contribution in [3.63, 3.8) is 0 Å². The van der Waals surface area contributed by atoms with Crippen LogP contribution in [-0.2, 0) is 0 Å². The molecule has 0 saturated carbocycles. The highest BCUT2D eigenvalue weighted by molar-refractivity contribution is 6.30. The number of hydrogen-bond donors (Lipinski definition) is 2. The number of nitrogens with one attached hydrogen (secondary N) is 2. The number of carbonyl (C=O) groups is 1. The molecular formula is C18H21ClN6O. The first-order valence-corrected chi connectivity index (χ1v) is 9.14. The zero-order chi connectivity index (χ0) is 17.9. The highest BCUT2D eigenvalue weighted by Crippen LogP contribution is 2.25. The van der Waals surface area contributed by atoms with Crippen LogP contribution in [-0.4, -0.2) is 58.0 Å². The molecule has 2 atom stereocenters. The number of rotatable bonds is 3. The molecule has 1 aromatic carbocycles. The Labute approximate surface area is 157 Å². The molecule has 2 aliphatic heterocycles. The van der Waals surface area contributed by atoms with Crippen molar-refractivity contribution in [2.75, 3.05) is 26.2 Å². The molecule has 2 unspecified atom stereocenters. The quantitative estimate of drug-likeness (QED) is 0.849. The maximum Gasteiger partial charge on any atom is 0.274 e. The van der Waals surface area contributed by atoms with Crippen LogP contribution in [0.3, 0.4) is 0 Å². The summed E-state index contributed by atoms with van der Waals surface area (Å²) in [5.41, 5.74) is 8.38. The first kappa shape index (κ1) is 17.4. The fraction of sp³-hybridized carbons (Fsp3) is 0.389. The van der Waals surface area contributed by atoms with E-state index in [0.717, 1.165) is 24.5 Å². The van der Waals surface area contributed by atoms with Gasteiger partial charge < -0.3 is 4.90 Å². The van der Waals surface area contributed by atoms with Gasteiger partial charge in [-0.2, -0.15) is 0 Å². The summed E-state index contributed by atoms with van der Waals surface area (Å²) in [7, 11) is 0. The van der Waals surface area contributed by atoms with Crippen LogP contribution in [0.5, 0.6) is 0 Å². The Hall–Kier alpha value is -2.06. The first-order valence-electron chi connectivity index (χ1n) is 8.76. The van der Waals surface area contributed by atoms with E-state index in [1.165, 1.54) is 11.8 Å². The van der Waals surface area contributed by atoms with Gasteiger partial charge in [0.15, 0.2) is 0 Å². The predicted molar refractivity (Wildman–Crippen MR) is 98.4 cm³/mol. The summed E-state index contributed by atoms with van der Waals surface area (Å²) in [5.74, 6) is -0.0469. The van der Waals surface area contributed by atoms with Gasteiger partial charge >= 0.3 is 0 Å². The highest BCUT2D eigenvalue weighted by atomic mass is 35.5. The summed E-state index contributed by atoms with van der Waals surface area (Å²) in [6, 6.07) is 8.21. The maximum absolute atomic E-state index is 12.5. The monoisotopic (exact) mass is 372 g/mol. The van der Waals surface area contributed by atoms with Crippen LogP contribution in [0.4, 0.5) is 0 Å². The Morgan fingerprint density at radius 2 is 1.85 bits per heavy atom. The fourth-order valence-electron chi connectivity index (χ4n) is 3.50. The molecule has 1 aromatic heterocycles. The molecular weight excluding hydrogens is 352 g/mol. The van der Waals surface area contributed by atoms with Crippen LogP contribution in [0, 0.1) is 0 Å². The minimum Gasteiger partial charge on any atom is -0.335 e. The molecule has 0 aliphatic carbocycles. The van der Waals surface area contributed by atoms with Gasteiger partial charge in [0.25, 0.3) is 5.91 Å². The number of piperazine rings is 1. The van der Waals surface area contributed by atoms with Crippen molar-refractivity contribution in [2.24, 2.45) is 0 Å². The second kappa shape index (κ2) is 7.67. The van der Waals surface area contributed by atoms with Crippen molar-refractivity contribution in [2.45, 2.75) is 18.6 Å². The molecule has 7 nitrogen and oxygen atoms in total. The molecule has 2 fully saturated rings. The molecule has 0 bridgehead atoms. The van der Waals surface area contributed by atoms with Gasteiger partial charge in [-0.1, -0.05) is 23.7 Å². The third kappa shape index (κ3) is 3.71. The number of nitrogens with zero attached hydrogens (tertiary/aromatic N) is 4. The van der Waals surface area contributed by atoms with Gasteiger partial charge in [-0.25, -0.2) is 15.8 Å². The number of amides is 1. The molecule has 26 heavy (non-hydrogen) atoms. The fourth-order valence-corrected chi connectivity index (χ4v) is 3.63. The summed E-state index contributed by atoms with van der Waals surface area (Å²) < 4.78 is 0. The van der Waals surface area contributed by atoms with Gasteiger partial charge in [0.05, 0.1) is 12.4 Å². The third-order valence-electron chi connectivity index (χ3n) is 4.98. The number of hydrazine groups is 1. The van der Waals surface area contributed by atoms with Crippen molar-refractivity contribution >= 4 is 17.5 Å². The van der Waals surface area contributed by atoms with Crippen LogP contribution in [0.1, 0.15) is 28.5 Å². The summed E-state index contributed by atoms with van der Waals surface area (Å²) in [4.78, 5) is 24.8. The van der Waals surface area contributed by atoms with E-state index in [1.54, 1.807) is 12.4 Å². The topological polar surface area (TPSA) is 73.4 Å². The van der Waals surface area contributed by atoms with Crippen LogP contribution in [0.15, 0.2) is 42.9 Å². The van der Waals surface area contributed by atoms with Crippen LogP contribution < -0.4 is 10.9 Å². The molecule has 2 N–H and O–H groups in total. The molecule has 3 heterocycles. The lowest BCUT2D eigenvalue weighted by molar-refractivity contribution is 0.0539. The minimum absolute atomic E-state index is 0.0469. The lowest BCUT2D eigenvalue weighted by Crippen LogP contribution is -2.55. The van der Waals surface area contributed by atoms with Gasteiger partial charge in [0.2, 0.25) is 0 Å². The molecule has 0 radical (unpaired) electrons. The SMILES string of the molecule is O=C(c1cnccn1)N1CCN(C2CC(c3ccc(Cl)cc3)NN2)CC1.